The molecule has 1 atom stereocenters. The van der Waals surface area contributed by atoms with Gasteiger partial charge in [-0.25, -0.2) is 4.79 Å². The third-order valence-corrected chi connectivity index (χ3v) is 7.39. The van der Waals surface area contributed by atoms with Gasteiger partial charge in [0.1, 0.15) is 5.75 Å². The number of amides is 1. The molecule has 0 radical (unpaired) electrons. The van der Waals surface area contributed by atoms with Crippen LogP contribution in [0.25, 0.3) is 0 Å². The Labute approximate surface area is 179 Å². The average molecular weight is 414 g/mol. The summed E-state index contributed by atoms with van der Waals surface area (Å²) < 4.78 is 10.9. The van der Waals surface area contributed by atoms with Gasteiger partial charge >= 0.3 is 5.97 Å². The minimum Gasteiger partial charge on any atom is -0.493 e. The number of rotatable bonds is 8. The van der Waals surface area contributed by atoms with E-state index in [-0.39, 0.29) is 24.0 Å². The number of hydrogen-bond donors (Lipinski definition) is 1. The quantitative estimate of drug-likeness (QED) is 0.633. The maximum absolute atomic E-state index is 12.5. The zero-order valence-corrected chi connectivity index (χ0v) is 18.5. The number of benzene rings is 1. The van der Waals surface area contributed by atoms with Crippen LogP contribution < -0.4 is 10.1 Å². The fourth-order valence-corrected chi connectivity index (χ4v) is 6.31. The van der Waals surface area contributed by atoms with E-state index in [4.69, 9.17) is 9.47 Å². The lowest BCUT2D eigenvalue weighted by atomic mass is 9.48. The molecule has 1 aromatic carbocycles. The standard InChI is InChI=1S/C25H35NO4/c1-16(2)14-29-22-6-4-21(5-7-22)24(28)30-15-23(27)26-17(3)25-11-18-8-19(12-25)10-20(9-18)13-25/h4-7,16-20H,8-15H2,1-3H3,(H,26,27)/t17-,18?,19?,20?,25?/m1/s1. The third kappa shape index (κ3) is 4.65. The van der Waals surface area contributed by atoms with Crippen molar-refractivity contribution in [2.24, 2.45) is 29.1 Å². The highest BCUT2D eigenvalue weighted by atomic mass is 16.5. The van der Waals surface area contributed by atoms with Crippen LogP contribution in [-0.2, 0) is 9.53 Å². The Hall–Kier alpha value is -2.04. The van der Waals surface area contributed by atoms with Crippen LogP contribution in [0.4, 0.5) is 0 Å². The van der Waals surface area contributed by atoms with E-state index in [0.717, 1.165) is 23.5 Å². The van der Waals surface area contributed by atoms with Crippen LogP contribution in [0.1, 0.15) is 69.7 Å². The molecule has 5 rings (SSSR count). The minimum atomic E-state index is -0.483. The van der Waals surface area contributed by atoms with Crippen LogP contribution in [-0.4, -0.2) is 31.1 Å². The van der Waals surface area contributed by atoms with Gasteiger partial charge < -0.3 is 14.8 Å². The van der Waals surface area contributed by atoms with Gasteiger partial charge in [0.15, 0.2) is 6.61 Å². The molecule has 4 aliphatic carbocycles. The maximum atomic E-state index is 12.5. The fourth-order valence-electron chi connectivity index (χ4n) is 6.31. The zero-order valence-electron chi connectivity index (χ0n) is 18.5. The van der Waals surface area contributed by atoms with Crippen molar-refractivity contribution < 1.29 is 19.1 Å². The molecule has 0 spiro atoms. The van der Waals surface area contributed by atoms with E-state index in [1.165, 1.54) is 38.5 Å². The highest BCUT2D eigenvalue weighted by molar-refractivity contribution is 5.91. The first-order chi connectivity index (χ1) is 14.3. The number of carbonyl (C=O) groups excluding carboxylic acids is 2. The largest absolute Gasteiger partial charge is 0.493 e. The van der Waals surface area contributed by atoms with Crippen molar-refractivity contribution in [1.82, 2.24) is 5.32 Å². The number of carbonyl (C=O) groups is 2. The van der Waals surface area contributed by atoms with Gasteiger partial charge in [-0.1, -0.05) is 13.8 Å². The van der Waals surface area contributed by atoms with Crippen molar-refractivity contribution in [3.63, 3.8) is 0 Å². The van der Waals surface area contributed by atoms with Gasteiger partial charge in [0, 0.05) is 6.04 Å². The summed E-state index contributed by atoms with van der Waals surface area (Å²) in [4.78, 5) is 24.8. The summed E-state index contributed by atoms with van der Waals surface area (Å²) >= 11 is 0. The molecule has 1 aromatic rings. The normalized spacial score (nSPS) is 30.2. The van der Waals surface area contributed by atoms with E-state index in [0.29, 0.717) is 18.1 Å². The number of esters is 1. The molecule has 4 aliphatic rings. The first kappa shape index (κ1) is 21.2. The molecular weight excluding hydrogens is 378 g/mol. The number of hydrogen-bond acceptors (Lipinski definition) is 4. The summed E-state index contributed by atoms with van der Waals surface area (Å²) in [6.07, 6.45) is 7.89. The summed E-state index contributed by atoms with van der Waals surface area (Å²) in [6, 6.07) is 7.00. The Morgan fingerprint density at radius 3 is 2.10 bits per heavy atom. The minimum absolute atomic E-state index is 0.134. The maximum Gasteiger partial charge on any atom is 0.338 e. The smallest absolute Gasteiger partial charge is 0.338 e. The topological polar surface area (TPSA) is 64.6 Å². The molecule has 1 N–H and O–H groups in total. The summed E-state index contributed by atoms with van der Waals surface area (Å²) in [7, 11) is 0. The third-order valence-electron chi connectivity index (χ3n) is 7.39. The van der Waals surface area contributed by atoms with E-state index in [9.17, 15) is 9.59 Å². The van der Waals surface area contributed by atoms with Gasteiger partial charge in [0.05, 0.1) is 12.2 Å². The molecule has 0 saturated heterocycles. The Morgan fingerprint density at radius 2 is 1.57 bits per heavy atom. The van der Waals surface area contributed by atoms with E-state index in [2.05, 4.69) is 26.1 Å². The van der Waals surface area contributed by atoms with E-state index < -0.39 is 5.97 Å². The van der Waals surface area contributed by atoms with Gasteiger partial charge in [-0.15, -0.1) is 0 Å². The molecule has 4 bridgehead atoms. The highest BCUT2D eigenvalue weighted by Crippen LogP contribution is 2.61. The molecular formula is C25H35NO4. The second kappa shape index (κ2) is 8.60. The van der Waals surface area contributed by atoms with E-state index >= 15 is 0 Å². The number of ether oxygens (including phenoxy) is 2. The van der Waals surface area contributed by atoms with Gasteiger partial charge in [0.25, 0.3) is 5.91 Å². The molecule has 164 valence electrons. The second-order valence-electron chi connectivity index (χ2n) is 10.4. The predicted molar refractivity (Wildman–Crippen MR) is 115 cm³/mol. The Kier molecular flexibility index (Phi) is 6.08. The first-order valence-electron chi connectivity index (χ1n) is 11.5. The first-order valence-corrected chi connectivity index (χ1v) is 11.5. The van der Waals surface area contributed by atoms with Crippen molar-refractivity contribution in [2.45, 2.75) is 65.3 Å². The van der Waals surface area contributed by atoms with Gasteiger partial charge in [-0.3, -0.25) is 4.79 Å². The highest BCUT2D eigenvalue weighted by Gasteiger charge is 2.53. The van der Waals surface area contributed by atoms with Crippen molar-refractivity contribution in [2.75, 3.05) is 13.2 Å². The van der Waals surface area contributed by atoms with Crippen molar-refractivity contribution >= 4 is 11.9 Å². The fraction of sp³-hybridized carbons (Fsp3) is 0.680. The second-order valence-corrected chi connectivity index (χ2v) is 10.4. The monoisotopic (exact) mass is 413 g/mol. The van der Waals surface area contributed by atoms with Crippen molar-refractivity contribution in [3.8, 4) is 5.75 Å². The molecule has 4 fully saturated rings. The molecule has 30 heavy (non-hydrogen) atoms. The molecule has 0 aromatic heterocycles. The molecule has 1 amide bonds. The molecule has 5 heteroatoms. The molecule has 0 aliphatic heterocycles. The van der Waals surface area contributed by atoms with Crippen LogP contribution >= 0.6 is 0 Å². The lowest BCUT2D eigenvalue weighted by molar-refractivity contribution is -0.128. The Bertz CT molecular complexity index is 735. The SMILES string of the molecule is CC(C)COc1ccc(C(=O)OCC(=O)N[C@H](C)C23CC4CC(CC(C4)C2)C3)cc1. The lowest BCUT2D eigenvalue weighted by Crippen LogP contribution is -2.56. The summed E-state index contributed by atoms with van der Waals surface area (Å²) in [5.41, 5.74) is 0.675. The zero-order chi connectivity index (χ0) is 21.3. The van der Waals surface area contributed by atoms with E-state index in [1.54, 1.807) is 24.3 Å². The van der Waals surface area contributed by atoms with E-state index in [1.807, 2.05) is 0 Å². The van der Waals surface area contributed by atoms with Crippen molar-refractivity contribution in [3.05, 3.63) is 29.8 Å². The molecule has 0 heterocycles. The number of nitrogens with one attached hydrogen (secondary N) is 1. The van der Waals surface area contributed by atoms with Gasteiger partial charge in [-0.2, -0.15) is 0 Å². The summed E-state index contributed by atoms with van der Waals surface area (Å²) in [5, 5.41) is 3.14. The van der Waals surface area contributed by atoms with Gasteiger partial charge in [0.2, 0.25) is 0 Å². The Morgan fingerprint density at radius 1 is 1.00 bits per heavy atom. The summed E-state index contributed by atoms with van der Waals surface area (Å²) in [5.74, 6) is 3.02. The van der Waals surface area contributed by atoms with Crippen LogP contribution in [0.3, 0.4) is 0 Å². The van der Waals surface area contributed by atoms with Crippen LogP contribution in [0.5, 0.6) is 5.75 Å². The summed E-state index contributed by atoms with van der Waals surface area (Å²) in [6.45, 7) is 6.71. The van der Waals surface area contributed by atoms with Crippen LogP contribution in [0, 0.1) is 29.1 Å². The molecule has 5 nitrogen and oxygen atoms in total. The van der Waals surface area contributed by atoms with Crippen LogP contribution in [0.2, 0.25) is 0 Å². The van der Waals surface area contributed by atoms with Gasteiger partial charge in [-0.05, 0) is 98.8 Å². The van der Waals surface area contributed by atoms with Crippen LogP contribution in [0.15, 0.2) is 24.3 Å². The molecule has 4 saturated carbocycles. The lowest BCUT2D eigenvalue weighted by Gasteiger charge is -2.59. The predicted octanol–water partition coefficient (Wildman–Crippen LogP) is 4.60. The molecule has 0 unspecified atom stereocenters. The average Bonchev–Trinajstić information content (AvgIpc) is 2.70. The van der Waals surface area contributed by atoms with Crippen molar-refractivity contribution in [1.29, 1.82) is 0 Å². The Balaban J connectivity index is 1.25.